The zero-order chi connectivity index (χ0) is 17.6. The Morgan fingerprint density at radius 2 is 1.88 bits per heavy atom. The van der Waals surface area contributed by atoms with Gasteiger partial charge in [-0.05, 0) is 36.5 Å². The summed E-state index contributed by atoms with van der Waals surface area (Å²) >= 11 is 6.04. The molecule has 0 aromatic heterocycles. The molecular weight excluding hydrogens is 336 g/mol. The number of nitrogens with zero attached hydrogens (tertiary/aromatic N) is 1. The number of carbonyl (C=O) groups is 1. The second-order valence-electron chi connectivity index (χ2n) is 7.29. The third-order valence-electron chi connectivity index (χ3n) is 5.73. The van der Waals surface area contributed by atoms with E-state index in [2.05, 4.69) is 29.3 Å². The van der Waals surface area contributed by atoms with Gasteiger partial charge in [0.15, 0.2) is 0 Å². The molecule has 0 spiro atoms. The molecule has 1 aliphatic carbocycles. The predicted octanol–water partition coefficient (Wildman–Crippen LogP) is 3.66. The largest absolute Gasteiger partial charge is 0.379 e. The van der Waals surface area contributed by atoms with Gasteiger partial charge >= 0.3 is 0 Å². The Labute approximate surface area is 155 Å². The first-order valence-corrected chi connectivity index (χ1v) is 9.88. The number of morpholine rings is 1. The topological polar surface area (TPSA) is 41.6 Å². The van der Waals surface area contributed by atoms with Gasteiger partial charge in [0.1, 0.15) is 0 Å². The number of rotatable bonds is 6. The summed E-state index contributed by atoms with van der Waals surface area (Å²) in [5.74, 6) is 0.856. The number of amides is 1. The second kappa shape index (κ2) is 9.02. The van der Waals surface area contributed by atoms with Crippen molar-refractivity contribution >= 4 is 17.5 Å². The van der Waals surface area contributed by atoms with Crippen LogP contribution < -0.4 is 5.32 Å². The molecule has 1 aromatic carbocycles. The summed E-state index contributed by atoms with van der Waals surface area (Å²) < 4.78 is 5.49. The Morgan fingerprint density at radius 3 is 2.52 bits per heavy atom. The van der Waals surface area contributed by atoms with Gasteiger partial charge in [0, 0.05) is 30.6 Å². The molecule has 2 unspecified atom stereocenters. The number of nitrogens with one attached hydrogen (secondary N) is 1. The van der Waals surface area contributed by atoms with Crippen LogP contribution in [0.3, 0.4) is 0 Å². The highest BCUT2D eigenvalue weighted by Crippen LogP contribution is 2.31. The Balaban J connectivity index is 1.64. The lowest BCUT2D eigenvalue weighted by atomic mass is 9.91. The van der Waals surface area contributed by atoms with Gasteiger partial charge in [-0.1, -0.05) is 43.5 Å². The minimum Gasteiger partial charge on any atom is -0.379 e. The van der Waals surface area contributed by atoms with Crippen LogP contribution in [0.15, 0.2) is 24.3 Å². The van der Waals surface area contributed by atoms with Crippen molar-refractivity contribution in [3.8, 4) is 0 Å². The van der Waals surface area contributed by atoms with Gasteiger partial charge in [0.05, 0.1) is 19.3 Å². The van der Waals surface area contributed by atoms with Gasteiger partial charge in [0.25, 0.3) is 0 Å². The molecule has 1 heterocycles. The van der Waals surface area contributed by atoms with Crippen LogP contribution in [0.4, 0.5) is 0 Å². The van der Waals surface area contributed by atoms with Crippen LogP contribution in [0.2, 0.25) is 5.02 Å². The molecule has 2 atom stereocenters. The molecule has 1 aliphatic heterocycles. The molecular formula is C20H29ClN2O2. The standard InChI is InChI=1S/C20H29ClN2O2/c1-15(16-4-2-3-5-16)20(24)22-14-19(23-10-12-25-13-11-23)17-6-8-18(21)9-7-17/h6-9,15-16,19H,2-5,10-14H2,1H3,(H,22,24). The van der Waals surface area contributed by atoms with E-state index in [1.807, 2.05) is 12.1 Å². The van der Waals surface area contributed by atoms with E-state index in [1.165, 1.54) is 31.2 Å². The molecule has 2 aliphatic rings. The number of hydrogen-bond donors (Lipinski definition) is 1. The summed E-state index contributed by atoms with van der Waals surface area (Å²) in [5.41, 5.74) is 1.19. The van der Waals surface area contributed by atoms with Crippen molar-refractivity contribution in [2.24, 2.45) is 11.8 Å². The third-order valence-corrected chi connectivity index (χ3v) is 5.98. The SMILES string of the molecule is CC(C(=O)NCC(c1ccc(Cl)cc1)N1CCOCC1)C1CCCC1. The molecule has 1 amide bonds. The van der Waals surface area contributed by atoms with Crippen LogP contribution in [0, 0.1) is 11.8 Å². The van der Waals surface area contributed by atoms with Crippen LogP contribution in [0.1, 0.15) is 44.2 Å². The second-order valence-corrected chi connectivity index (χ2v) is 7.73. The maximum Gasteiger partial charge on any atom is 0.223 e. The highest BCUT2D eigenvalue weighted by molar-refractivity contribution is 6.30. The fourth-order valence-corrected chi connectivity index (χ4v) is 4.19. The number of ether oxygens (including phenoxy) is 1. The zero-order valence-corrected chi connectivity index (χ0v) is 15.8. The first kappa shape index (κ1) is 18.7. The minimum absolute atomic E-state index is 0.109. The van der Waals surface area contributed by atoms with E-state index in [4.69, 9.17) is 16.3 Å². The van der Waals surface area contributed by atoms with Crippen molar-refractivity contribution in [1.82, 2.24) is 10.2 Å². The fraction of sp³-hybridized carbons (Fsp3) is 0.650. The van der Waals surface area contributed by atoms with Crippen LogP contribution in [0.5, 0.6) is 0 Å². The molecule has 1 saturated heterocycles. The number of carbonyl (C=O) groups excluding carboxylic acids is 1. The van der Waals surface area contributed by atoms with E-state index in [-0.39, 0.29) is 17.9 Å². The van der Waals surface area contributed by atoms with E-state index in [9.17, 15) is 4.79 Å². The van der Waals surface area contributed by atoms with E-state index in [0.29, 0.717) is 12.5 Å². The first-order chi connectivity index (χ1) is 12.1. The van der Waals surface area contributed by atoms with Crippen LogP contribution in [0.25, 0.3) is 0 Å². The summed E-state index contributed by atoms with van der Waals surface area (Å²) in [6.45, 7) is 5.99. The molecule has 5 heteroatoms. The molecule has 0 bridgehead atoms. The van der Waals surface area contributed by atoms with Gasteiger partial charge in [0.2, 0.25) is 5.91 Å². The van der Waals surface area contributed by atoms with Crippen molar-refractivity contribution in [1.29, 1.82) is 0 Å². The van der Waals surface area contributed by atoms with E-state index < -0.39 is 0 Å². The number of hydrogen-bond acceptors (Lipinski definition) is 3. The molecule has 1 saturated carbocycles. The van der Waals surface area contributed by atoms with Crippen LogP contribution in [-0.4, -0.2) is 43.7 Å². The van der Waals surface area contributed by atoms with Gasteiger partial charge in [-0.15, -0.1) is 0 Å². The smallest absolute Gasteiger partial charge is 0.223 e. The Hall–Kier alpha value is -1.10. The number of halogens is 1. The molecule has 0 radical (unpaired) electrons. The summed E-state index contributed by atoms with van der Waals surface area (Å²) in [4.78, 5) is 15.0. The quantitative estimate of drug-likeness (QED) is 0.837. The molecule has 2 fully saturated rings. The average Bonchev–Trinajstić information content (AvgIpc) is 3.18. The highest BCUT2D eigenvalue weighted by atomic mass is 35.5. The minimum atomic E-state index is 0.109. The maximum absolute atomic E-state index is 12.6. The van der Waals surface area contributed by atoms with Crippen molar-refractivity contribution in [3.05, 3.63) is 34.9 Å². The molecule has 138 valence electrons. The molecule has 1 aromatic rings. The van der Waals surface area contributed by atoms with Crippen molar-refractivity contribution in [3.63, 3.8) is 0 Å². The number of benzene rings is 1. The lowest BCUT2D eigenvalue weighted by Gasteiger charge is -2.35. The van der Waals surface area contributed by atoms with Gasteiger partial charge in [-0.2, -0.15) is 0 Å². The van der Waals surface area contributed by atoms with Crippen LogP contribution in [-0.2, 0) is 9.53 Å². The summed E-state index contributed by atoms with van der Waals surface area (Å²) in [6, 6.07) is 8.14. The maximum atomic E-state index is 12.6. The highest BCUT2D eigenvalue weighted by Gasteiger charge is 2.28. The van der Waals surface area contributed by atoms with Gasteiger partial charge < -0.3 is 10.1 Å². The molecule has 4 nitrogen and oxygen atoms in total. The zero-order valence-electron chi connectivity index (χ0n) is 15.0. The monoisotopic (exact) mass is 364 g/mol. The van der Waals surface area contributed by atoms with Crippen molar-refractivity contribution in [2.75, 3.05) is 32.8 Å². The Kier molecular flexibility index (Phi) is 6.74. The summed E-state index contributed by atoms with van der Waals surface area (Å²) in [6.07, 6.45) is 4.92. The molecule has 1 N–H and O–H groups in total. The third kappa shape index (κ3) is 4.96. The molecule has 3 rings (SSSR count). The van der Waals surface area contributed by atoms with Gasteiger partial charge in [-0.3, -0.25) is 9.69 Å². The van der Waals surface area contributed by atoms with Crippen LogP contribution >= 0.6 is 11.6 Å². The predicted molar refractivity (Wildman–Crippen MR) is 101 cm³/mol. The first-order valence-electron chi connectivity index (χ1n) is 9.50. The lowest BCUT2D eigenvalue weighted by molar-refractivity contribution is -0.126. The summed E-state index contributed by atoms with van der Waals surface area (Å²) in [7, 11) is 0. The van der Waals surface area contributed by atoms with Gasteiger partial charge in [-0.25, -0.2) is 0 Å². The average molecular weight is 365 g/mol. The normalized spacial score (nSPS) is 21.8. The van der Waals surface area contributed by atoms with E-state index in [0.717, 1.165) is 31.3 Å². The molecule has 25 heavy (non-hydrogen) atoms. The van der Waals surface area contributed by atoms with Crippen molar-refractivity contribution in [2.45, 2.75) is 38.6 Å². The Morgan fingerprint density at radius 1 is 1.24 bits per heavy atom. The van der Waals surface area contributed by atoms with E-state index in [1.54, 1.807) is 0 Å². The fourth-order valence-electron chi connectivity index (χ4n) is 4.06. The van der Waals surface area contributed by atoms with E-state index >= 15 is 0 Å². The Bertz CT molecular complexity index is 551. The van der Waals surface area contributed by atoms with Crippen molar-refractivity contribution < 1.29 is 9.53 Å². The summed E-state index contributed by atoms with van der Waals surface area (Å²) in [5, 5.41) is 3.95. The lowest BCUT2D eigenvalue weighted by Crippen LogP contribution is -2.45.